The number of nitrogens with one attached hydrogen (secondary N) is 1. The van der Waals surface area contributed by atoms with Gasteiger partial charge in [-0.05, 0) is 6.92 Å². The third-order valence-corrected chi connectivity index (χ3v) is 1.25. The van der Waals surface area contributed by atoms with Gasteiger partial charge >= 0.3 is 0 Å². The summed E-state index contributed by atoms with van der Waals surface area (Å²) in [6.07, 6.45) is 0.474. The number of carbonyl (C=O) groups is 2. The molecular weight excluding hydrogens is 130 g/mol. The van der Waals surface area contributed by atoms with Gasteiger partial charge in [0.15, 0.2) is 5.78 Å². The van der Waals surface area contributed by atoms with Gasteiger partial charge in [-0.3, -0.25) is 9.59 Å². The van der Waals surface area contributed by atoms with Crippen molar-refractivity contribution in [2.75, 3.05) is 0 Å². The summed E-state index contributed by atoms with van der Waals surface area (Å²) in [6, 6.07) is -0.331. The van der Waals surface area contributed by atoms with Crippen molar-refractivity contribution in [2.24, 2.45) is 0 Å². The number of carbonyl (C=O) groups excluding carboxylic acids is 2. The van der Waals surface area contributed by atoms with Gasteiger partial charge < -0.3 is 5.32 Å². The number of hydrogen-bond acceptors (Lipinski definition) is 2. The molecule has 0 radical (unpaired) electrons. The summed E-state index contributed by atoms with van der Waals surface area (Å²) in [4.78, 5) is 21.2. The molecule has 0 aromatic rings. The van der Waals surface area contributed by atoms with Gasteiger partial charge in [-0.15, -0.1) is 0 Å². The van der Waals surface area contributed by atoms with Crippen molar-refractivity contribution in [2.45, 2.75) is 33.2 Å². The first-order chi connectivity index (χ1) is 4.57. The lowest BCUT2D eigenvalue weighted by Gasteiger charge is -2.08. The van der Waals surface area contributed by atoms with E-state index in [4.69, 9.17) is 0 Å². The maximum Gasteiger partial charge on any atom is 0.217 e. The lowest BCUT2D eigenvalue weighted by molar-refractivity contribution is -0.126. The van der Waals surface area contributed by atoms with Crippen LogP contribution >= 0.6 is 0 Å². The highest BCUT2D eigenvalue weighted by Gasteiger charge is 2.09. The summed E-state index contributed by atoms with van der Waals surface area (Å²) in [5.74, 6) is -0.0931. The quantitative estimate of drug-likeness (QED) is 0.636. The van der Waals surface area contributed by atoms with Crippen LogP contribution < -0.4 is 5.32 Å². The minimum absolute atomic E-state index is 0. The van der Waals surface area contributed by atoms with E-state index < -0.39 is 0 Å². The fraction of sp³-hybridized carbons (Fsp3) is 0.714. The molecule has 3 nitrogen and oxygen atoms in total. The van der Waals surface area contributed by atoms with Crippen molar-refractivity contribution < 1.29 is 11.0 Å². The van der Waals surface area contributed by atoms with E-state index in [2.05, 4.69) is 5.32 Å². The molecule has 3 heteroatoms. The minimum atomic E-state index is -0.331. The van der Waals surface area contributed by atoms with Gasteiger partial charge in [0.05, 0.1) is 6.04 Å². The van der Waals surface area contributed by atoms with Gasteiger partial charge in [-0.25, -0.2) is 0 Å². The smallest absolute Gasteiger partial charge is 0.217 e. The van der Waals surface area contributed by atoms with Gasteiger partial charge in [0, 0.05) is 14.8 Å². The molecule has 0 fully saturated rings. The first kappa shape index (κ1) is 9.14. The van der Waals surface area contributed by atoms with Gasteiger partial charge in [-0.1, -0.05) is 6.92 Å². The number of Topliss-reactive ketones (excluding diaryl/α,β-unsaturated/α-hetero) is 1. The predicted molar refractivity (Wildman–Crippen MR) is 40.7 cm³/mol. The fourth-order valence-electron chi connectivity index (χ4n) is 0.692. The van der Waals surface area contributed by atoms with Crippen LogP contribution in [-0.4, -0.2) is 17.7 Å². The Hall–Kier alpha value is -0.860. The van der Waals surface area contributed by atoms with Gasteiger partial charge in [0.2, 0.25) is 5.91 Å². The van der Waals surface area contributed by atoms with E-state index in [9.17, 15) is 9.59 Å². The number of hydrogen-bond donors (Lipinski definition) is 1. The highest BCUT2D eigenvalue weighted by atomic mass is 16.2. The van der Waals surface area contributed by atoms with E-state index in [-0.39, 0.29) is 19.2 Å². The first-order valence-corrected chi connectivity index (χ1v) is 3.37. The monoisotopic (exact) mass is 145 g/mol. The van der Waals surface area contributed by atoms with Crippen molar-refractivity contribution in [3.8, 4) is 0 Å². The van der Waals surface area contributed by atoms with E-state index in [0.717, 1.165) is 0 Å². The summed E-state index contributed by atoms with van der Waals surface area (Å²) < 4.78 is 0. The standard InChI is InChI=1S/C7H13NO2.H2/c1-4-7(10)5(2)8-6(3)9;/h5H,4H2,1-3H3,(H,8,9);1H/t5-;/m0./s1. The van der Waals surface area contributed by atoms with Crippen LogP contribution in [-0.2, 0) is 9.59 Å². The van der Waals surface area contributed by atoms with E-state index >= 15 is 0 Å². The van der Waals surface area contributed by atoms with Crippen LogP contribution in [0.25, 0.3) is 0 Å². The molecule has 0 spiro atoms. The zero-order valence-electron chi connectivity index (χ0n) is 6.60. The van der Waals surface area contributed by atoms with Crippen LogP contribution in [0.4, 0.5) is 0 Å². The van der Waals surface area contributed by atoms with Gasteiger partial charge in [-0.2, -0.15) is 0 Å². The zero-order valence-corrected chi connectivity index (χ0v) is 6.60. The molecule has 1 N–H and O–H groups in total. The molecule has 0 aliphatic rings. The Morgan fingerprint density at radius 2 is 2.10 bits per heavy atom. The number of amides is 1. The molecule has 0 heterocycles. The van der Waals surface area contributed by atoms with Gasteiger partial charge in [0.25, 0.3) is 0 Å². The molecule has 0 bridgehead atoms. The zero-order chi connectivity index (χ0) is 8.15. The third-order valence-electron chi connectivity index (χ3n) is 1.25. The summed E-state index contributed by atoms with van der Waals surface area (Å²) >= 11 is 0. The van der Waals surface area contributed by atoms with E-state index in [1.54, 1.807) is 13.8 Å². The average Bonchev–Trinajstić information content (AvgIpc) is 1.85. The van der Waals surface area contributed by atoms with E-state index in [1.165, 1.54) is 6.92 Å². The Balaban J connectivity index is 0. The molecule has 0 saturated heterocycles. The van der Waals surface area contributed by atoms with Crippen LogP contribution in [0.15, 0.2) is 0 Å². The second kappa shape index (κ2) is 4.04. The van der Waals surface area contributed by atoms with Crippen LogP contribution in [0.1, 0.15) is 28.6 Å². The highest BCUT2D eigenvalue weighted by Crippen LogP contribution is 1.88. The van der Waals surface area contributed by atoms with Crippen LogP contribution in [0.5, 0.6) is 0 Å². The lowest BCUT2D eigenvalue weighted by atomic mass is 10.2. The van der Waals surface area contributed by atoms with Gasteiger partial charge in [0.1, 0.15) is 0 Å². The largest absolute Gasteiger partial charge is 0.347 e. The van der Waals surface area contributed by atoms with Crippen molar-refractivity contribution in [1.29, 1.82) is 0 Å². The maximum atomic E-state index is 10.8. The van der Waals surface area contributed by atoms with Crippen molar-refractivity contribution in [3.05, 3.63) is 0 Å². The normalized spacial score (nSPS) is 12.3. The molecular formula is C7H15NO2. The second-order valence-electron chi connectivity index (χ2n) is 2.24. The molecule has 0 unspecified atom stereocenters. The molecule has 0 aliphatic carbocycles. The minimum Gasteiger partial charge on any atom is -0.347 e. The average molecular weight is 145 g/mol. The summed E-state index contributed by atoms with van der Waals surface area (Å²) in [5.41, 5.74) is 0. The van der Waals surface area contributed by atoms with E-state index in [1.807, 2.05) is 0 Å². The summed E-state index contributed by atoms with van der Waals surface area (Å²) in [5, 5.41) is 2.50. The number of rotatable bonds is 3. The van der Waals surface area contributed by atoms with Crippen molar-refractivity contribution in [1.82, 2.24) is 5.32 Å². The van der Waals surface area contributed by atoms with Crippen molar-refractivity contribution in [3.63, 3.8) is 0 Å². The molecule has 1 atom stereocenters. The van der Waals surface area contributed by atoms with Crippen LogP contribution in [0.2, 0.25) is 0 Å². The van der Waals surface area contributed by atoms with Crippen LogP contribution in [0.3, 0.4) is 0 Å². The fourth-order valence-corrected chi connectivity index (χ4v) is 0.692. The maximum absolute atomic E-state index is 10.8. The Morgan fingerprint density at radius 1 is 1.60 bits per heavy atom. The molecule has 0 aromatic heterocycles. The van der Waals surface area contributed by atoms with E-state index in [0.29, 0.717) is 6.42 Å². The SMILES string of the molecule is CCC(=O)[C@H](C)NC(C)=O.[HH]. The molecule has 0 saturated carbocycles. The number of ketones is 1. The Labute approximate surface area is 62.3 Å². The molecule has 60 valence electrons. The summed E-state index contributed by atoms with van der Waals surface area (Å²) in [7, 11) is 0. The molecule has 0 aromatic carbocycles. The van der Waals surface area contributed by atoms with Crippen molar-refractivity contribution >= 4 is 11.7 Å². The summed E-state index contributed by atoms with van der Waals surface area (Å²) in [6.45, 7) is 4.87. The topological polar surface area (TPSA) is 46.2 Å². The van der Waals surface area contributed by atoms with Crippen LogP contribution in [0, 0.1) is 0 Å². The second-order valence-corrected chi connectivity index (χ2v) is 2.24. The lowest BCUT2D eigenvalue weighted by Crippen LogP contribution is -2.36. The predicted octanol–water partition coefficient (Wildman–Crippen LogP) is 0.736. The Kier molecular flexibility index (Phi) is 3.69. The molecule has 1 amide bonds. The molecule has 0 aliphatic heterocycles. The highest BCUT2D eigenvalue weighted by molar-refractivity contribution is 5.87. The Bertz CT molecular complexity index is 147. The Morgan fingerprint density at radius 3 is 2.40 bits per heavy atom. The third kappa shape index (κ3) is 3.22. The molecule has 10 heavy (non-hydrogen) atoms. The first-order valence-electron chi connectivity index (χ1n) is 3.37. The molecule has 0 rings (SSSR count).